The topological polar surface area (TPSA) is 40.7 Å². The zero-order chi connectivity index (χ0) is 7.40. The minimum absolute atomic E-state index is 0.805. The number of hydrogen-bond donors (Lipinski definition) is 2. The second-order valence-corrected chi connectivity index (χ2v) is 2.30. The van der Waals surface area contributed by atoms with E-state index in [1.54, 1.807) is 6.20 Å². The summed E-state index contributed by atoms with van der Waals surface area (Å²) in [5.41, 5.74) is 2.12. The van der Waals surface area contributed by atoms with Crippen molar-refractivity contribution in [3.63, 3.8) is 0 Å². The number of aromatic nitrogens is 2. The molecule has 0 aliphatic heterocycles. The van der Waals surface area contributed by atoms with Crippen molar-refractivity contribution < 1.29 is 0 Å². The molecule has 10 heavy (non-hydrogen) atoms. The third kappa shape index (κ3) is 1.93. The first-order chi connectivity index (χ1) is 4.79. The molecule has 1 heterocycles. The number of aromatic amines is 1. The van der Waals surface area contributed by atoms with Gasteiger partial charge in [-0.1, -0.05) is 12.2 Å². The highest BCUT2D eigenvalue weighted by molar-refractivity contribution is 5.38. The Balaban J connectivity index is 2.35. The van der Waals surface area contributed by atoms with Gasteiger partial charge in [-0.2, -0.15) is 5.10 Å². The molecule has 3 heteroatoms. The number of H-pyrrole nitrogens is 1. The number of hydrogen-bond acceptors (Lipinski definition) is 2. The van der Waals surface area contributed by atoms with E-state index in [9.17, 15) is 0 Å². The van der Waals surface area contributed by atoms with Gasteiger partial charge in [-0.15, -0.1) is 0 Å². The molecule has 1 rings (SSSR count). The van der Waals surface area contributed by atoms with Crippen LogP contribution in [0.3, 0.4) is 0 Å². The molecule has 0 aliphatic rings. The van der Waals surface area contributed by atoms with Crippen molar-refractivity contribution in [1.29, 1.82) is 0 Å². The van der Waals surface area contributed by atoms with Crippen LogP contribution in [0.2, 0.25) is 0 Å². The van der Waals surface area contributed by atoms with Gasteiger partial charge in [0.2, 0.25) is 0 Å². The fraction of sp³-hybridized carbons (Fsp3) is 0.286. The Hall–Kier alpha value is -1.25. The second kappa shape index (κ2) is 3.06. The molecule has 2 N–H and O–H groups in total. The first-order valence-corrected chi connectivity index (χ1v) is 3.16. The van der Waals surface area contributed by atoms with E-state index in [-0.39, 0.29) is 0 Å². The zero-order valence-corrected chi connectivity index (χ0v) is 6.02. The number of anilines is 1. The number of rotatable bonds is 3. The van der Waals surface area contributed by atoms with E-state index in [0.29, 0.717) is 0 Å². The maximum absolute atomic E-state index is 3.78. The Labute approximate surface area is 60.1 Å². The lowest BCUT2D eigenvalue weighted by molar-refractivity contribution is 1.09. The molecule has 0 aliphatic carbocycles. The van der Waals surface area contributed by atoms with Crippen molar-refractivity contribution in [2.75, 3.05) is 11.9 Å². The highest BCUT2D eigenvalue weighted by Gasteiger charge is 1.89. The summed E-state index contributed by atoms with van der Waals surface area (Å²) in [5.74, 6) is 0. The molecule has 1 aromatic heterocycles. The van der Waals surface area contributed by atoms with Crippen LogP contribution in [0.15, 0.2) is 24.5 Å². The number of nitrogens with zero attached hydrogens (tertiary/aromatic N) is 1. The van der Waals surface area contributed by atoms with Crippen molar-refractivity contribution >= 4 is 5.69 Å². The van der Waals surface area contributed by atoms with Gasteiger partial charge in [0.05, 0.1) is 11.9 Å². The normalized spacial score (nSPS) is 9.30. The van der Waals surface area contributed by atoms with Gasteiger partial charge >= 0.3 is 0 Å². The largest absolute Gasteiger partial charge is 0.379 e. The quantitative estimate of drug-likeness (QED) is 0.618. The molecule has 54 valence electrons. The summed E-state index contributed by atoms with van der Waals surface area (Å²) >= 11 is 0. The Morgan fingerprint density at radius 3 is 3.20 bits per heavy atom. The number of nitrogens with one attached hydrogen (secondary N) is 2. The maximum Gasteiger partial charge on any atom is 0.0726 e. The fourth-order valence-corrected chi connectivity index (χ4v) is 0.601. The molecule has 1 aromatic rings. The van der Waals surface area contributed by atoms with Crippen LogP contribution in [0.5, 0.6) is 0 Å². The molecule has 0 amide bonds. The summed E-state index contributed by atoms with van der Waals surface area (Å²) < 4.78 is 0. The highest BCUT2D eigenvalue weighted by Crippen LogP contribution is 2.00. The minimum atomic E-state index is 0.805. The van der Waals surface area contributed by atoms with Crippen LogP contribution in [0.25, 0.3) is 0 Å². The van der Waals surface area contributed by atoms with Crippen LogP contribution in [0, 0.1) is 0 Å². The third-order valence-corrected chi connectivity index (χ3v) is 1.09. The molecule has 0 atom stereocenters. The summed E-state index contributed by atoms with van der Waals surface area (Å²) in [4.78, 5) is 0. The molecule has 0 unspecified atom stereocenters. The van der Waals surface area contributed by atoms with Gasteiger partial charge in [-0.05, 0) is 6.92 Å². The van der Waals surface area contributed by atoms with Crippen molar-refractivity contribution in [2.45, 2.75) is 6.92 Å². The molecule has 0 saturated carbocycles. The lowest BCUT2D eigenvalue weighted by Crippen LogP contribution is -2.00. The molecule has 0 fully saturated rings. The molecular formula is C7H11N3. The van der Waals surface area contributed by atoms with Crippen molar-refractivity contribution in [1.82, 2.24) is 10.2 Å². The summed E-state index contributed by atoms with van der Waals surface area (Å²) in [6.07, 6.45) is 3.55. The molecular weight excluding hydrogens is 126 g/mol. The Morgan fingerprint density at radius 1 is 1.90 bits per heavy atom. The SMILES string of the molecule is C=C(C)CNc1cn[nH]c1. The van der Waals surface area contributed by atoms with Crippen LogP contribution >= 0.6 is 0 Å². The van der Waals surface area contributed by atoms with E-state index < -0.39 is 0 Å². The van der Waals surface area contributed by atoms with E-state index in [2.05, 4.69) is 22.1 Å². The van der Waals surface area contributed by atoms with Gasteiger partial charge in [-0.3, -0.25) is 5.10 Å². The van der Waals surface area contributed by atoms with Crippen LogP contribution in [-0.4, -0.2) is 16.7 Å². The van der Waals surface area contributed by atoms with Crippen molar-refractivity contribution in [3.05, 3.63) is 24.5 Å². The molecule has 0 bridgehead atoms. The lowest BCUT2D eigenvalue weighted by atomic mass is 10.3. The molecule has 3 nitrogen and oxygen atoms in total. The Kier molecular flexibility index (Phi) is 2.10. The molecule has 0 aromatic carbocycles. The zero-order valence-electron chi connectivity index (χ0n) is 6.02. The van der Waals surface area contributed by atoms with Crippen molar-refractivity contribution in [3.8, 4) is 0 Å². The fourth-order valence-electron chi connectivity index (χ4n) is 0.601. The van der Waals surface area contributed by atoms with Gasteiger partial charge in [-0.25, -0.2) is 0 Å². The smallest absolute Gasteiger partial charge is 0.0726 e. The predicted molar refractivity (Wildman–Crippen MR) is 41.9 cm³/mol. The van der Waals surface area contributed by atoms with Gasteiger partial charge in [0.15, 0.2) is 0 Å². The molecule has 0 saturated heterocycles. The van der Waals surface area contributed by atoms with Crippen molar-refractivity contribution in [2.24, 2.45) is 0 Å². The Morgan fingerprint density at radius 2 is 2.70 bits per heavy atom. The second-order valence-electron chi connectivity index (χ2n) is 2.30. The van der Waals surface area contributed by atoms with E-state index in [4.69, 9.17) is 0 Å². The van der Waals surface area contributed by atoms with E-state index in [1.165, 1.54) is 0 Å². The predicted octanol–water partition coefficient (Wildman–Crippen LogP) is 1.40. The third-order valence-electron chi connectivity index (χ3n) is 1.09. The Bertz CT molecular complexity index is 201. The van der Waals surface area contributed by atoms with Gasteiger partial charge < -0.3 is 5.32 Å². The maximum atomic E-state index is 3.78. The van der Waals surface area contributed by atoms with E-state index >= 15 is 0 Å². The molecule has 0 radical (unpaired) electrons. The van der Waals surface area contributed by atoms with Crippen LogP contribution < -0.4 is 5.32 Å². The van der Waals surface area contributed by atoms with Crippen LogP contribution in [0.4, 0.5) is 5.69 Å². The standard InChI is InChI=1S/C7H11N3/c1-6(2)3-8-7-4-9-10-5-7/h4-5,8H,1,3H2,2H3,(H,9,10). The average molecular weight is 137 g/mol. The first kappa shape index (κ1) is 6.86. The summed E-state index contributed by atoms with van der Waals surface area (Å²) in [6.45, 7) is 6.55. The van der Waals surface area contributed by atoms with E-state index in [1.807, 2.05) is 13.1 Å². The molecule has 0 spiro atoms. The van der Waals surface area contributed by atoms with Crippen LogP contribution in [0.1, 0.15) is 6.92 Å². The summed E-state index contributed by atoms with van der Waals surface area (Å²) in [5, 5.41) is 9.63. The monoisotopic (exact) mass is 137 g/mol. The van der Waals surface area contributed by atoms with Crippen LogP contribution in [-0.2, 0) is 0 Å². The summed E-state index contributed by atoms with van der Waals surface area (Å²) in [7, 11) is 0. The lowest BCUT2D eigenvalue weighted by Gasteiger charge is -1.99. The summed E-state index contributed by atoms with van der Waals surface area (Å²) in [6, 6.07) is 0. The van der Waals surface area contributed by atoms with Gasteiger partial charge in [0.25, 0.3) is 0 Å². The minimum Gasteiger partial charge on any atom is -0.379 e. The average Bonchev–Trinajstić information content (AvgIpc) is 2.34. The highest BCUT2D eigenvalue weighted by atomic mass is 15.1. The first-order valence-electron chi connectivity index (χ1n) is 3.16. The van der Waals surface area contributed by atoms with Gasteiger partial charge in [0, 0.05) is 12.7 Å². The van der Waals surface area contributed by atoms with Gasteiger partial charge in [0.1, 0.15) is 0 Å². The van der Waals surface area contributed by atoms with E-state index in [0.717, 1.165) is 17.8 Å².